The normalized spacial score (nSPS) is 15.2. The van der Waals surface area contributed by atoms with Crippen molar-refractivity contribution in [3.63, 3.8) is 0 Å². The first-order valence-electron chi connectivity index (χ1n) is 8.28. The maximum atomic E-state index is 12.3. The largest absolute Gasteiger partial charge is 0.343 e. The lowest BCUT2D eigenvalue weighted by Crippen LogP contribution is -3.13. The summed E-state index contributed by atoms with van der Waals surface area (Å²) in [6, 6.07) is 8.97. The third kappa shape index (κ3) is 4.81. The number of rotatable bonds is 5. The summed E-state index contributed by atoms with van der Waals surface area (Å²) in [6.07, 6.45) is 0. The second-order valence-corrected chi connectivity index (χ2v) is 7.29. The maximum Gasteiger partial charge on any atom is 0.253 e. The van der Waals surface area contributed by atoms with Crippen LogP contribution in [0.25, 0.3) is 0 Å². The van der Waals surface area contributed by atoms with Crippen LogP contribution >= 0.6 is 22.9 Å². The SMILES string of the molecule is O=C(NCC(=O)N1CC[NH+](Cc2ccsc2)CC1)c1ccccc1Cl. The van der Waals surface area contributed by atoms with Crippen LogP contribution in [-0.2, 0) is 11.3 Å². The molecular formula is C18H21ClN3O2S+. The molecule has 1 aliphatic rings. The zero-order valence-electron chi connectivity index (χ0n) is 13.8. The minimum Gasteiger partial charge on any atom is -0.343 e. The minimum absolute atomic E-state index is 0.00389. The second kappa shape index (κ2) is 8.47. The van der Waals surface area contributed by atoms with Crippen LogP contribution in [0.15, 0.2) is 41.1 Å². The maximum absolute atomic E-state index is 12.3. The molecule has 2 aromatic rings. The molecule has 0 radical (unpaired) electrons. The van der Waals surface area contributed by atoms with Gasteiger partial charge >= 0.3 is 0 Å². The number of carbonyl (C=O) groups is 2. The molecule has 7 heteroatoms. The van der Waals surface area contributed by atoms with Crippen LogP contribution in [0, 0.1) is 0 Å². The zero-order valence-corrected chi connectivity index (χ0v) is 15.4. The van der Waals surface area contributed by atoms with E-state index in [0.29, 0.717) is 10.6 Å². The summed E-state index contributed by atoms with van der Waals surface area (Å²) in [5, 5.41) is 7.32. The fourth-order valence-electron chi connectivity index (χ4n) is 2.94. The fraction of sp³-hybridized carbons (Fsp3) is 0.333. The van der Waals surface area contributed by atoms with Crippen LogP contribution in [-0.4, -0.2) is 49.4 Å². The minimum atomic E-state index is -0.319. The highest BCUT2D eigenvalue weighted by molar-refractivity contribution is 7.07. The van der Waals surface area contributed by atoms with E-state index in [1.54, 1.807) is 35.6 Å². The molecule has 3 rings (SSSR count). The molecule has 1 aromatic carbocycles. The molecule has 0 bridgehead atoms. The highest BCUT2D eigenvalue weighted by Crippen LogP contribution is 2.14. The van der Waals surface area contributed by atoms with E-state index in [-0.39, 0.29) is 18.4 Å². The molecule has 25 heavy (non-hydrogen) atoms. The van der Waals surface area contributed by atoms with Crippen molar-refractivity contribution in [1.82, 2.24) is 10.2 Å². The Kier molecular flexibility index (Phi) is 6.07. The first kappa shape index (κ1) is 17.9. The summed E-state index contributed by atoms with van der Waals surface area (Å²) < 4.78 is 0. The number of amides is 2. The first-order chi connectivity index (χ1) is 12.1. The average Bonchev–Trinajstić information content (AvgIpc) is 3.13. The average molecular weight is 379 g/mol. The number of benzene rings is 1. The smallest absolute Gasteiger partial charge is 0.253 e. The number of nitrogens with one attached hydrogen (secondary N) is 2. The van der Waals surface area contributed by atoms with E-state index < -0.39 is 0 Å². The predicted octanol–water partition coefficient (Wildman–Crippen LogP) is 1.06. The van der Waals surface area contributed by atoms with Gasteiger partial charge in [0.25, 0.3) is 5.91 Å². The number of nitrogens with zero attached hydrogens (tertiary/aromatic N) is 1. The van der Waals surface area contributed by atoms with Crippen molar-refractivity contribution in [2.45, 2.75) is 6.54 Å². The Morgan fingerprint density at radius 2 is 1.96 bits per heavy atom. The third-order valence-corrected chi connectivity index (χ3v) is 5.44. The van der Waals surface area contributed by atoms with E-state index >= 15 is 0 Å². The highest BCUT2D eigenvalue weighted by Gasteiger charge is 2.24. The molecule has 1 aliphatic heterocycles. The van der Waals surface area contributed by atoms with Crippen LogP contribution in [0.2, 0.25) is 5.02 Å². The number of piperazine rings is 1. The first-order valence-corrected chi connectivity index (χ1v) is 9.60. The summed E-state index contributed by atoms with van der Waals surface area (Å²) in [7, 11) is 0. The van der Waals surface area contributed by atoms with Crippen molar-refractivity contribution in [2.75, 3.05) is 32.7 Å². The molecule has 1 aromatic heterocycles. The van der Waals surface area contributed by atoms with Gasteiger partial charge in [0, 0.05) is 5.56 Å². The van der Waals surface area contributed by atoms with Gasteiger partial charge in [-0.25, -0.2) is 0 Å². The van der Waals surface area contributed by atoms with E-state index in [0.717, 1.165) is 32.7 Å². The Morgan fingerprint density at radius 1 is 1.20 bits per heavy atom. The Balaban J connectivity index is 1.43. The number of hydrogen-bond acceptors (Lipinski definition) is 3. The topological polar surface area (TPSA) is 53.9 Å². The summed E-state index contributed by atoms with van der Waals surface area (Å²) in [5.41, 5.74) is 1.74. The lowest BCUT2D eigenvalue weighted by molar-refractivity contribution is -0.917. The van der Waals surface area contributed by atoms with Gasteiger partial charge in [-0.05, 0) is 29.0 Å². The Labute approximate surface area is 156 Å². The zero-order chi connectivity index (χ0) is 17.6. The molecule has 2 heterocycles. The standard InChI is InChI=1S/C18H20ClN3O2S/c19-16-4-2-1-3-15(16)18(24)20-11-17(23)22-8-6-21(7-9-22)12-14-5-10-25-13-14/h1-5,10,13H,6-9,11-12H2,(H,20,24)/p+1. The van der Waals surface area contributed by atoms with Crippen molar-refractivity contribution in [1.29, 1.82) is 0 Å². The third-order valence-electron chi connectivity index (χ3n) is 4.38. The van der Waals surface area contributed by atoms with Crippen LogP contribution in [0.3, 0.4) is 0 Å². The van der Waals surface area contributed by atoms with E-state index in [2.05, 4.69) is 22.1 Å². The van der Waals surface area contributed by atoms with Gasteiger partial charge in [-0.15, -0.1) is 0 Å². The lowest BCUT2D eigenvalue weighted by Gasteiger charge is -2.32. The molecule has 2 N–H and O–H groups in total. The number of halogens is 1. The Morgan fingerprint density at radius 3 is 2.64 bits per heavy atom. The van der Waals surface area contributed by atoms with Gasteiger partial charge in [-0.3, -0.25) is 9.59 Å². The van der Waals surface area contributed by atoms with Gasteiger partial charge in [0.1, 0.15) is 6.54 Å². The molecule has 0 saturated carbocycles. The van der Waals surface area contributed by atoms with Crippen LogP contribution in [0.5, 0.6) is 0 Å². The highest BCUT2D eigenvalue weighted by atomic mass is 35.5. The van der Waals surface area contributed by atoms with Gasteiger partial charge in [0.05, 0.1) is 43.3 Å². The number of carbonyl (C=O) groups excluding carboxylic acids is 2. The summed E-state index contributed by atoms with van der Waals surface area (Å²) in [4.78, 5) is 27.7. The van der Waals surface area contributed by atoms with Gasteiger partial charge in [0.2, 0.25) is 5.91 Å². The molecule has 132 valence electrons. The second-order valence-electron chi connectivity index (χ2n) is 6.10. The van der Waals surface area contributed by atoms with Crippen molar-refractivity contribution >= 4 is 34.8 Å². The molecule has 5 nitrogen and oxygen atoms in total. The number of thiophene rings is 1. The van der Waals surface area contributed by atoms with Crippen molar-refractivity contribution < 1.29 is 14.5 Å². The summed E-state index contributed by atoms with van der Waals surface area (Å²) >= 11 is 7.71. The van der Waals surface area contributed by atoms with Gasteiger partial charge in [0.15, 0.2) is 0 Å². The fourth-order valence-corrected chi connectivity index (χ4v) is 3.83. The summed E-state index contributed by atoms with van der Waals surface area (Å²) in [5.74, 6) is -0.365. The predicted molar refractivity (Wildman–Crippen MR) is 99.1 cm³/mol. The van der Waals surface area contributed by atoms with Crippen molar-refractivity contribution in [3.8, 4) is 0 Å². The Hall–Kier alpha value is -1.89. The van der Waals surface area contributed by atoms with Gasteiger partial charge < -0.3 is 15.1 Å². The summed E-state index contributed by atoms with van der Waals surface area (Å²) in [6.45, 7) is 4.32. The molecule has 1 fully saturated rings. The lowest BCUT2D eigenvalue weighted by atomic mass is 10.2. The molecule has 0 unspecified atom stereocenters. The van der Waals surface area contributed by atoms with Gasteiger partial charge in [-0.1, -0.05) is 23.7 Å². The van der Waals surface area contributed by atoms with E-state index in [1.807, 2.05) is 4.90 Å². The van der Waals surface area contributed by atoms with Crippen LogP contribution in [0.4, 0.5) is 0 Å². The molecular weight excluding hydrogens is 358 g/mol. The quantitative estimate of drug-likeness (QED) is 0.817. The van der Waals surface area contributed by atoms with Crippen molar-refractivity contribution in [3.05, 3.63) is 57.2 Å². The monoisotopic (exact) mass is 378 g/mol. The number of hydrogen-bond donors (Lipinski definition) is 2. The number of quaternary nitrogens is 1. The molecule has 2 amide bonds. The molecule has 0 atom stereocenters. The molecule has 0 aliphatic carbocycles. The van der Waals surface area contributed by atoms with E-state index in [9.17, 15) is 9.59 Å². The van der Waals surface area contributed by atoms with Crippen LogP contribution < -0.4 is 10.2 Å². The van der Waals surface area contributed by atoms with Crippen molar-refractivity contribution in [2.24, 2.45) is 0 Å². The Bertz CT molecular complexity index is 728. The van der Waals surface area contributed by atoms with Gasteiger partial charge in [-0.2, -0.15) is 11.3 Å². The molecule has 1 saturated heterocycles. The molecule has 0 spiro atoms. The van der Waals surface area contributed by atoms with E-state index in [1.165, 1.54) is 10.5 Å². The van der Waals surface area contributed by atoms with E-state index in [4.69, 9.17) is 11.6 Å². The van der Waals surface area contributed by atoms with Crippen LogP contribution in [0.1, 0.15) is 15.9 Å².